The number of thioether (sulfide) groups is 1. The molecular formula is C13H14N2O3S2. The molecule has 5 nitrogen and oxygen atoms in total. The van der Waals surface area contributed by atoms with Gasteiger partial charge in [0.15, 0.2) is 15.1 Å². The van der Waals surface area contributed by atoms with Gasteiger partial charge in [-0.3, -0.25) is 4.79 Å². The highest BCUT2D eigenvalue weighted by atomic mass is 32.2. The minimum Gasteiger partial charge on any atom is -0.479 e. The highest BCUT2D eigenvalue weighted by Gasteiger charge is 2.40. The number of aromatic nitrogens is 1. The van der Waals surface area contributed by atoms with Crippen LogP contribution in [0.5, 0.6) is 0 Å². The molecule has 0 radical (unpaired) electrons. The van der Waals surface area contributed by atoms with Crippen LogP contribution < -0.4 is 5.32 Å². The van der Waals surface area contributed by atoms with Crippen LogP contribution in [0.4, 0.5) is 5.13 Å². The summed E-state index contributed by atoms with van der Waals surface area (Å²) in [7, 11) is 0. The van der Waals surface area contributed by atoms with Crippen molar-refractivity contribution in [3.8, 4) is 0 Å². The summed E-state index contributed by atoms with van der Waals surface area (Å²) >= 11 is 2.15. The predicted molar refractivity (Wildman–Crippen MR) is 82.2 cm³/mol. The number of aliphatic carboxylic acids is 1. The van der Waals surface area contributed by atoms with Crippen LogP contribution in [0.3, 0.4) is 0 Å². The van der Waals surface area contributed by atoms with Gasteiger partial charge in [-0.2, -0.15) is 0 Å². The second-order valence-electron chi connectivity index (χ2n) is 4.19. The van der Waals surface area contributed by atoms with Crippen molar-refractivity contribution in [1.29, 1.82) is 0 Å². The molecule has 1 heterocycles. The first kappa shape index (κ1) is 14.8. The van der Waals surface area contributed by atoms with Crippen molar-refractivity contribution >= 4 is 49.5 Å². The van der Waals surface area contributed by atoms with E-state index in [-0.39, 0.29) is 11.5 Å². The van der Waals surface area contributed by atoms with Crippen LogP contribution in [0.1, 0.15) is 20.3 Å². The van der Waals surface area contributed by atoms with Gasteiger partial charge in [0, 0.05) is 6.92 Å². The Labute approximate surface area is 124 Å². The Bertz CT molecular complexity index is 623. The average molecular weight is 310 g/mol. The summed E-state index contributed by atoms with van der Waals surface area (Å²) in [6.45, 7) is 3.09. The van der Waals surface area contributed by atoms with Gasteiger partial charge in [-0.05, 0) is 30.3 Å². The second kappa shape index (κ2) is 5.80. The quantitative estimate of drug-likeness (QED) is 0.826. The molecule has 1 unspecified atom stereocenters. The Morgan fingerprint density at radius 2 is 2.15 bits per heavy atom. The third-order valence-electron chi connectivity index (χ3n) is 2.76. The maximum absolute atomic E-state index is 11.5. The Balaban J connectivity index is 2.35. The SMILES string of the molecule is CCC(Nc1nc2ccccc2s1)(SC(C)=O)C(=O)O. The first-order valence-electron chi connectivity index (χ1n) is 6.03. The van der Waals surface area contributed by atoms with Crippen molar-refractivity contribution in [2.45, 2.75) is 25.1 Å². The molecule has 1 aromatic carbocycles. The molecule has 0 saturated heterocycles. The lowest BCUT2D eigenvalue weighted by Crippen LogP contribution is -2.43. The number of fused-ring (bicyclic) bond motifs is 1. The highest BCUT2D eigenvalue weighted by Crippen LogP contribution is 2.34. The fraction of sp³-hybridized carbons (Fsp3) is 0.308. The number of hydrogen-bond donors (Lipinski definition) is 2. The summed E-state index contributed by atoms with van der Waals surface area (Å²) in [5.41, 5.74) is 0.809. The normalized spacial score (nSPS) is 13.9. The zero-order chi connectivity index (χ0) is 14.8. The van der Waals surface area contributed by atoms with Crippen molar-refractivity contribution in [2.24, 2.45) is 0 Å². The van der Waals surface area contributed by atoms with Gasteiger partial charge in [-0.15, -0.1) is 0 Å². The van der Waals surface area contributed by atoms with E-state index >= 15 is 0 Å². The lowest BCUT2D eigenvalue weighted by molar-refractivity contribution is -0.139. The highest BCUT2D eigenvalue weighted by molar-refractivity contribution is 8.15. The summed E-state index contributed by atoms with van der Waals surface area (Å²) < 4.78 is 0.971. The number of thiazole rings is 1. The predicted octanol–water partition coefficient (Wildman–Crippen LogP) is 3.18. The van der Waals surface area contributed by atoms with Crippen molar-refractivity contribution < 1.29 is 14.7 Å². The van der Waals surface area contributed by atoms with Gasteiger partial charge >= 0.3 is 5.97 Å². The lowest BCUT2D eigenvalue weighted by atomic mass is 10.2. The number of nitrogens with one attached hydrogen (secondary N) is 1. The number of carboxylic acids is 1. The van der Waals surface area contributed by atoms with Crippen LogP contribution in [-0.2, 0) is 9.59 Å². The van der Waals surface area contributed by atoms with Crippen molar-refractivity contribution in [2.75, 3.05) is 5.32 Å². The van der Waals surface area contributed by atoms with Gasteiger partial charge < -0.3 is 10.4 Å². The first-order valence-corrected chi connectivity index (χ1v) is 7.67. The van der Waals surface area contributed by atoms with Gasteiger partial charge in [0.25, 0.3) is 0 Å². The molecule has 2 N–H and O–H groups in total. The number of anilines is 1. The van der Waals surface area contributed by atoms with Crippen molar-refractivity contribution in [3.05, 3.63) is 24.3 Å². The maximum Gasteiger partial charge on any atom is 0.340 e. The van der Waals surface area contributed by atoms with Crippen LogP contribution in [0.25, 0.3) is 10.2 Å². The summed E-state index contributed by atoms with van der Waals surface area (Å²) in [6, 6.07) is 7.56. The van der Waals surface area contributed by atoms with Gasteiger partial charge in [0.05, 0.1) is 10.2 Å². The number of carbonyl (C=O) groups excluding carboxylic acids is 1. The van der Waals surface area contributed by atoms with Crippen LogP contribution in [-0.4, -0.2) is 26.0 Å². The summed E-state index contributed by atoms with van der Waals surface area (Å²) in [4.78, 5) is 25.9. The van der Waals surface area contributed by atoms with Crippen molar-refractivity contribution in [3.63, 3.8) is 0 Å². The molecule has 0 aliphatic heterocycles. The summed E-state index contributed by atoms with van der Waals surface area (Å²) in [6.07, 6.45) is 0.266. The number of rotatable bonds is 5. The zero-order valence-electron chi connectivity index (χ0n) is 11.0. The van der Waals surface area contributed by atoms with Gasteiger partial charge in [-0.25, -0.2) is 9.78 Å². The minimum absolute atomic E-state index is 0.247. The molecule has 0 aliphatic rings. The third kappa shape index (κ3) is 2.94. The molecule has 0 amide bonds. The van der Waals surface area contributed by atoms with E-state index in [2.05, 4.69) is 10.3 Å². The van der Waals surface area contributed by atoms with E-state index in [1.165, 1.54) is 18.3 Å². The van der Waals surface area contributed by atoms with E-state index < -0.39 is 10.8 Å². The van der Waals surface area contributed by atoms with Gasteiger partial charge in [0.1, 0.15) is 0 Å². The Hall–Kier alpha value is -1.60. The number of carbonyl (C=O) groups is 2. The Kier molecular flexibility index (Phi) is 4.29. The van der Waals surface area contributed by atoms with E-state index in [0.717, 1.165) is 22.0 Å². The van der Waals surface area contributed by atoms with Crippen LogP contribution in [0.15, 0.2) is 24.3 Å². The molecule has 106 valence electrons. The lowest BCUT2D eigenvalue weighted by Gasteiger charge is -2.26. The fourth-order valence-electron chi connectivity index (χ4n) is 1.78. The average Bonchev–Trinajstić information content (AvgIpc) is 2.78. The van der Waals surface area contributed by atoms with Gasteiger partial charge in [0.2, 0.25) is 0 Å². The van der Waals surface area contributed by atoms with E-state index in [1.54, 1.807) is 6.92 Å². The molecule has 0 spiro atoms. The molecule has 2 rings (SSSR count). The number of benzene rings is 1. The fourth-order valence-corrected chi connectivity index (χ4v) is 3.66. The number of para-hydroxylation sites is 1. The van der Waals surface area contributed by atoms with E-state index in [4.69, 9.17) is 0 Å². The molecule has 2 aromatic rings. The molecule has 20 heavy (non-hydrogen) atoms. The van der Waals surface area contributed by atoms with E-state index in [9.17, 15) is 14.7 Å². The number of carboxylic acid groups (broad SMARTS) is 1. The molecular weight excluding hydrogens is 296 g/mol. The molecule has 0 fully saturated rings. The molecule has 0 bridgehead atoms. The van der Waals surface area contributed by atoms with E-state index in [1.807, 2.05) is 24.3 Å². The summed E-state index contributed by atoms with van der Waals surface area (Å²) in [5, 5.41) is 12.6. The van der Waals surface area contributed by atoms with E-state index in [0.29, 0.717) is 5.13 Å². The molecule has 0 aliphatic carbocycles. The second-order valence-corrected chi connectivity index (χ2v) is 6.70. The Morgan fingerprint density at radius 3 is 2.70 bits per heavy atom. The standard InChI is InChI=1S/C13H14N2O3S2/c1-3-13(11(17)18,20-8(2)16)15-12-14-9-6-4-5-7-10(9)19-12/h4-7H,3H2,1-2H3,(H,14,15)(H,17,18). The summed E-state index contributed by atoms with van der Waals surface area (Å²) in [5.74, 6) is -1.07. The van der Waals surface area contributed by atoms with Crippen LogP contribution in [0.2, 0.25) is 0 Å². The monoisotopic (exact) mass is 310 g/mol. The number of nitrogens with zero attached hydrogens (tertiary/aromatic N) is 1. The van der Waals surface area contributed by atoms with Crippen LogP contribution in [0, 0.1) is 0 Å². The molecule has 0 saturated carbocycles. The van der Waals surface area contributed by atoms with Crippen molar-refractivity contribution in [1.82, 2.24) is 4.98 Å². The maximum atomic E-state index is 11.5. The van der Waals surface area contributed by atoms with Gasteiger partial charge in [-0.1, -0.05) is 30.4 Å². The molecule has 7 heteroatoms. The molecule has 1 aromatic heterocycles. The molecule has 1 atom stereocenters. The first-order chi connectivity index (χ1) is 9.47. The smallest absolute Gasteiger partial charge is 0.340 e. The Morgan fingerprint density at radius 1 is 1.45 bits per heavy atom. The third-order valence-corrected chi connectivity index (χ3v) is 4.92. The van der Waals surface area contributed by atoms with Crippen LogP contribution >= 0.6 is 23.1 Å². The largest absolute Gasteiger partial charge is 0.479 e. The zero-order valence-corrected chi connectivity index (χ0v) is 12.7. The number of hydrogen-bond acceptors (Lipinski definition) is 6. The topological polar surface area (TPSA) is 79.3 Å². The minimum atomic E-state index is -1.38.